The van der Waals surface area contributed by atoms with E-state index < -0.39 is 5.97 Å². The standard InChI is InChI=1S/C5H6N2O2.C3H4N2/c1-7-3-6-2-4(7)5(8)9;1-2-5-3-4-1/h2-3H,1H3,(H,8,9);1-3H,(H,4,5). The summed E-state index contributed by atoms with van der Waals surface area (Å²) < 4.78 is 1.45. The van der Waals surface area contributed by atoms with Crippen molar-refractivity contribution in [2.75, 3.05) is 0 Å². The second-order valence-corrected chi connectivity index (χ2v) is 2.46. The number of H-pyrrole nitrogens is 1. The number of aromatic nitrogens is 4. The highest BCUT2D eigenvalue weighted by Crippen LogP contribution is 1.93. The van der Waals surface area contributed by atoms with E-state index in [2.05, 4.69) is 15.0 Å². The molecule has 2 N–H and O–H groups in total. The summed E-state index contributed by atoms with van der Waals surface area (Å²) in [6, 6.07) is 0. The molecule has 0 aliphatic rings. The van der Waals surface area contributed by atoms with Crippen LogP contribution < -0.4 is 0 Å². The topological polar surface area (TPSA) is 83.8 Å². The van der Waals surface area contributed by atoms with Gasteiger partial charge >= 0.3 is 5.97 Å². The van der Waals surface area contributed by atoms with Crippen molar-refractivity contribution in [2.45, 2.75) is 0 Å². The van der Waals surface area contributed by atoms with Gasteiger partial charge in [-0.05, 0) is 0 Å². The normalized spacial score (nSPS) is 8.93. The van der Waals surface area contributed by atoms with E-state index in [-0.39, 0.29) is 5.69 Å². The number of aromatic carboxylic acids is 1. The second-order valence-electron chi connectivity index (χ2n) is 2.46. The van der Waals surface area contributed by atoms with E-state index >= 15 is 0 Å². The van der Waals surface area contributed by atoms with E-state index in [9.17, 15) is 4.79 Å². The maximum Gasteiger partial charge on any atom is 0.354 e. The molecule has 2 rings (SSSR count). The summed E-state index contributed by atoms with van der Waals surface area (Å²) >= 11 is 0. The molecule has 0 unspecified atom stereocenters. The minimum absolute atomic E-state index is 0.204. The number of carboxylic acids is 1. The first-order chi connectivity index (χ1) is 6.72. The fourth-order valence-corrected chi connectivity index (χ4v) is 0.778. The highest BCUT2D eigenvalue weighted by atomic mass is 16.4. The van der Waals surface area contributed by atoms with Crippen molar-refractivity contribution in [1.82, 2.24) is 19.5 Å². The minimum Gasteiger partial charge on any atom is -0.477 e. The van der Waals surface area contributed by atoms with Crippen LogP contribution in [-0.4, -0.2) is 30.6 Å². The zero-order valence-electron chi connectivity index (χ0n) is 7.58. The Morgan fingerprint density at radius 3 is 2.57 bits per heavy atom. The maximum atomic E-state index is 10.2. The summed E-state index contributed by atoms with van der Waals surface area (Å²) in [4.78, 5) is 20.3. The van der Waals surface area contributed by atoms with Crippen LogP contribution in [0.5, 0.6) is 0 Å². The van der Waals surface area contributed by atoms with Gasteiger partial charge in [-0.15, -0.1) is 0 Å². The van der Waals surface area contributed by atoms with Crippen LogP contribution in [0.3, 0.4) is 0 Å². The number of imidazole rings is 2. The van der Waals surface area contributed by atoms with Crippen LogP contribution in [-0.2, 0) is 7.05 Å². The van der Waals surface area contributed by atoms with Crippen molar-refractivity contribution < 1.29 is 9.90 Å². The Morgan fingerprint density at radius 1 is 1.57 bits per heavy atom. The lowest BCUT2D eigenvalue weighted by Crippen LogP contribution is -2.02. The molecule has 2 aromatic heterocycles. The van der Waals surface area contributed by atoms with Gasteiger partial charge in [0.15, 0.2) is 0 Å². The molecule has 74 valence electrons. The molecule has 0 aliphatic carbocycles. The molecule has 14 heavy (non-hydrogen) atoms. The molecule has 0 saturated carbocycles. The van der Waals surface area contributed by atoms with Gasteiger partial charge in [0.25, 0.3) is 0 Å². The average Bonchev–Trinajstić information content (AvgIpc) is 2.74. The summed E-state index contributed by atoms with van der Waals surface area (Å²) in [5.74, 6) is -0.949. The Bertz CT molecular complexity index is 362. The molecule has 2 aromatic rings. The van der Waals surface area contributed by atoms with Gasteiger partial charge in [0.1, 0.15) is 5.69 Å². The van der Waals surface area contributed by atoms with Crippen LogP contribution in [0.25, 0.3) is 0 Å². The van der Waals surface area contributed by atoms with E-state index in [1.54, 1.807) is 25.8 Å². The molecule has 0 radical (unpaired) electrons. The lowest BCUT2D eigenvalue weighted by molar-refractivity contribution is 0.0686. The zero-order valence-corrected chi connectivity index (χ0v) is 7.58. The molecule has 2 heterocycles. The monoisotopic (exact) mass is 194 g/mol. The third-order valence-corrected chi connectivity index (χ3v) is 1.44. The van der Waals surface area contributed by atoms with Gasteiger partial charge in [0, 0.05) is 19.4 Å². The van der Waals surface area contributed by atoms with Crippen molar-refractivity contribution in [3.8, 4) is 0 Å². The number of hydrogen-bond donors (Lipinski definition) is 2. The van der Waals surface area contributed by atoms with Gasteiger partial charge in [-0.25, -0.2) is 14.8 Å². The molecule has 0 aliphatic heterocycles. The highest BCUT2D eigenvalue weighted by Gasteiger charge is 2.04. The largest absolute Gasteiger partial charge is 0.477 e. The molecule has 0 aromatic carbocycles. The highest BCUT2D eigenvalue weighted by molar-refractivity contribution is 5.85. The minimum atomic E-state index is -0.949. The van der Waals surface area contributed by atoms with Crippen LogP contribution in [0.4, 0.5) is 0 Å². The van der Waals surface area contributed by atoms with Crippen molar-refractivity contribution in [3.05, 3.63) is 36.9 Å². The molecule has 0 spiro atoms. The van der Waals surface area contributed by atoms with Crippen LogP contribution >= 0.6 is 0 Å². The predicted octanol–water partition coefficient (Wildman–Crippen LogP) is 0.528. The van der Waals surface area contributed by atoms with Gasteiger partial charge < -0.3 is 14.7 Å². The Kier molecular flexibility index (Phi) is 3.42. The van der Waals surface area contributed by atoms with Crippen LogP contribution in [0.15, 0.2) is 31.2 Å². The number of rotatable bonds is 1. The molecule has 0 bridgehead atoms. The Hall–Kier alpha value is -2.11. The number of carbonyl (C=O) groups is 1. The first kappa shape index (κ1) is 9.97. The van der Waals surface area contributed by atoms with Crippen molar-refractivity contribution in [3.63, 3.8) is 0 Å². The Morgan fingerprint density at radius 2 is 2.36 bits per heavy atom. The quantitative estimate of drug-likeness (QED) is 0.693. The first-order valence-electron chi connectivity index (χ1n) is 3.84. The van der Waals surface area contributed by atoms with Gasteiger partial charge in [0.2, 0.25) is 0 Å². The number of carboxylic acid groups (broad SMARTS) is 1. The molecular weight excluding hydrogens is 184 g/mol. The number of aryl methyl sites for hydroxylation is 1. The molecule has 6 nitrogen and oxygen atoms in total. The lowest BCUT2D eigenvalue weighted by Gasteiger charge is -1.91. The molecule has 6 heteroatoms. The lowest BCUT2D eigenvalue weighted by atomic mass is 10.5. The molecule has 0 amide bonds. The number of hydrogen-bond acceptors (Lipinski definition) is 3. The second kappa shape index (κ2) is 4.80. The summed E-state index contributed by atoms with van der Waals surface area (Å²) in [7, 11) is 1.64. The Balaban J connectivity index is 0.000000165. The number of nitrogens with one attached hydrogen (secondary N) is 1. The average molecular weight is 194 g/mol. The van der Waals surface area contributed by atoms with Crippen molar-refractivity contribution in [1.29, 1.82) is 0 Å². The Labute approximate surface area is 80.2 Å². The number of aromatic amines is 1. The van der Waals surface area contributed by atoms with Crippen molar-refractivity contribution >= 4 is 5.97 Å². The molecular formula is C8H10N4O2. The van der Waals surface area contributed by atoms with Crippen LogP contribution in [0.1, 0.15) is 10.5 Å². The molecule has 0 atom stereocenters. The third kappa shape index (κ3) is 2.74. The summed E-state index contributed by atoms with van der Waals surface area (Å²) in [6.45, 7) is 0. The van der Waals surface area contributed by atoms with Gasteiger partial charge in [-0.1, -0.05) is 0 Å². The maximum absolute atomic E-state index is 10.2. The number of nitrogens with zero attached hydrogens (tertiary/aromatic N) is 3. The van der Waals surface area contributed by atoms with E-state index in [0.717, 1.165) is 0 Å². The van der Waals surface area contributed by atoms with E-state index in [0.29, 0.717) is 0 Å². The zero-order chi connectivity index (χ0) is 10.4. The van der Waals surface area contributed by atoms with Crippen LogP contribution in [0.2, 0.25) is 0 Å². The van der Waals surface area contributed by atoms with E-state index in [4.69, 9.17) is 5.11 Å². The van der Waals surface area contributed by atoms with Gasteiger partial charge in [-0.2, -0.15) is 0 Å². The van der Waals surface area contributed by atoms with Crippen LogP contribution in [0, 0.1) is 0 Å². The fraction of sp³-hybridized carbons (Fsp3) is 0.125. The molecule has 0 fully saturated rings. The summed E-state index contributed by atoms with van der Waals surface area (Å²) in [5.41, 5.74) is 0.204. The third-order valence-electron chi connectivity index (χ3n) is 1.44. The first-order valence-corrected chi connectivity index (χ1v) is 3.84. The van der Waals surface area contributed by atoms with E-state index in [1.165, 1.54) is 17.1 Å². The fourth-order valence-electron chi connectivity index (χ4n) is 0.778. The predicted molar refractivity (Wildman–Crippen MR) is 48.8 cm³/mol. The van der Waals surface area contributed by atoms with E-state index in [1.807, 2.05) is 0 Å². The van der Waals surface area contributed by atoms with Gasteiger partial charge in [0.05, 0.1) is 18.9 Å². The summed E-state index contributed by atoms with van der Waals surface area (Å²) in [5, 5.41) is 8.39. The smallest absolute Gasteiger partial charge is 0.354 e. The molecule has 0 saturated heterocycles. The van der Waals surface area contributed by atoms with Gasteiger partial charge in [-0.3, -0.25) is 0 Å². The van der Waals surface area contributed by atoms with Crippen molar-refractivity contribution in [2.24, 2.45) is 7.05 Å². The summed E-state index contributed by atoms with van der Waals surface area (Å²) in [6.07, 6.45) is 7.84. The SMILES string of the molecule is Cn1cncc1C(=O)O.c1c[nH]cn1.